The van der Waals surface area contributed by atoms with Gasteiger partial charge in [0.1, 0.15) is 29.1 Å². The standard InChI is InChI=1S/C28H24O8/c1-3-14-33-28(31)19-6-10-21(11-7-19)35-25-17-34-24-16-22(12-13-23(24)27(25)30)36-26(29)15-18-4-8-20(32-2)9-5-18/h4-13,16-17H,3,14-15H2,1-2H3. The van der Waals surface area contributed by atoms with E-state index < -0.39 is 17.4 Å². The molecule has 4 aromatic rings. The summed E-state index contributed by atoms with van der Waals surface area (Å²) >= 11 is 0. The van der Waals surface area contributed by atoms with Crippen molar-refractivity contribution in [3.05, 3.63) is 94.3 Å². The van der Waals surface area contributed by atoms with Gasteiger partial charge in [-0.1, -0.05) is 19.1 Å². The second-order valence-corrected chi connectivity index (χ2v) is 7.85. The molecule has 0 aliphatic rings. The molecule has 1 heterocycles. The van der Waals surface area contributed by atoms with Gasteiger partial charge in [-0.15, -0.1) is 0 Å². The topological polar surface area (TPSA) is 101 Å². The van der Waals surface area contributed by atoms with E-state index in [1.807, 2.05) is 6.92 Å². The maximum Gasteiger partial charge on any atom is 0.338 e. The first-order valence-corrected chi connectivity index (χ1v) is 11.3. The lowest BCUT2D eigenvalue weighted by molar-refractivity contribution is -0.133. The predicted molar refractivity (Wildman–Crippen MR) is 132 cm³/mol. The molecule has 0 atom stereocenters. The van der Waals surface area contributed by atoms with Gasteiger partial charge in [0.15, 0.2) is 0 Å². The van der Waals surface area contributed by atoms with Crippen LogP contribution in [0.5, 0.6) is 23.0 Å². The van der Waals surface area contributed by atoms with Crippen molar-refractivity contribution in [1.82, 2.24) is 0 Å². The Kier molecular flexibility index (Phi) is 7.65. The highest BCUT2D eigenvalue weighted by atomic mass is 16.5. The van der Waals surface area contributed by atoms with Gasteiger partial charge in [-0.05, 0) is 60.5 Å². The molecule has 0 saturated heterocycles. The Labute approximate surface area is 207 Å². The van der Waals surface area contributed by atoms with Crippen molar-refractivity contribution in [2.45, 2.75) is 19.8 Å². The SMILES string of the molecule is CCCOC(=O)c1ccc(Oc2coc3cc(OC(=O)Cc4ccc(OC)cc4)ccc3c2=O)cc1. The van der Waals surface area contributed by atoms with Crippen molar-refractivity contribution in [3.8, 4) is 23.0 Å². The molecule has 0 N–H and O–H groups in total. The van der Waals surface area contributed by atoms with Crippen LogP contribution in [0, 0.1) is 0 Å². The molecular formula is C28H24O8. The summed E-state index contributed by atoms with van der Waals surface area (Å²) in [5, 5.41) is 0.266. The highest BCUT2D eigenvalue weighted by Crippen LogP contribution is 2.25. The van der Waals surface area contributed by atoms with Crippen LogP contribution in [0.25, 0.3) is 11.0 Å². The number of benzene rings is 3. The second-order valence-electron chi connectivity index (χ2n) is 7.85. The lowest BCUT2D eigenvalue weighted by atomic mass is 10.1. The van der Waals surface area contributed by atoms with E-state index in [4.69, 9.17) is 23.4 Å². The molecule has 184 valence electrons. The molecule has 8 heteroatoms. The maximum absolute atomic E-state index is 12.9. The van der Waals surface area contributed by atoms with Crippen molar-refractivity contribution >= 4 is 22.9 Å². The Hall–Kier alpha value is -4.59. The van der Waals surface area contributed by atoms with E-state index in [-0.39, 0.29) is 28.9 Å². The molecule has 0 radical (unpaired) electrons. The summed E-state index contributed by atoms with van der Waals surface area (Å²) in [5.41, 5.74) is 1.02. The monoisotopic (exact) mass is 488 g/mol. The third-order valence-corrected chi connectivity index (χ3v) is 5.21. The minimum Gasteiger partial charge on any atom is -0.497 e. The Bertz CT molecular complexity index is 1420. The first kappa shape index (κ1) is 24.5. The van der Waals surface area contributed by atoms with Crippen LogP contribution in [0.2, 0.25) is 0 Å². The van der Waals surface area contributed by atoms with Crippen molar-refractivity contribution < 1.29 is 33.0 Å². The predicted octanol–water partition coefficient (Wildman–Crippen LogP) is 5.31. The Morgan fingerprint density at radius 1 is 0.889 bits per heavy atom. The zero-order chi connectivity index (χ0) is 25.5. The third-order valence-electron chi connectivity index (χ3n) is 5.21. The van der Waals surface area contributed by atoms with E-state index in [1.165, 1.54) is 24.5 Å². The Morgan fingerprint density at radius 3 is 2.28 bits per heavy atom. The Balaban J connectivity index is 1.43. The maximum atomic E-state index is 12.9. The number of hydrogen-bond acceptors (Lipinski definition) is 8. The average molecular weight is 488 g/mol. The molecule has 0 aliphatic heterocycles. The van der Waals surface area contributed by atoms with Gasteiger partial charge in [-0.25, -0.2) is 4.79 Å². The number of carbonyl (C=O) groups is 2. The molecule has 0 fully saturated rings. The van der Waals surface area contributed by atoms with Crippen LogP contribution in [0.15, 0.2) is 82.2 Å². The molecule has 1 aromatic heterocycles. The van der Waals surface area contributed by atoms with Crippen LogP contribution in [0.1, 0.15) is 29.3 Å². The third kappa shape index (κ3) is 5.90. The van der Waals surface area contributed by atoms with E-state index in [9.17, 15) is 14.4 Å². The Morgan fingerprint density at radius 2 is 1.58 bits per heavy atom. The highest BCUT2D eigenvalue weighted by molar-refractivity contribution is 5.89. The van der Waals surface area contributed by atoms with Crippen LogP contribution in [-0.4, -0.2) is 25.7 Å². The normalized spacial score (nSPS) is 10.6. The molecule has 0 unspecified atom stereocenters. The fraction of sp³-hybridized carbons (Fsp3) is 0.179. The summed E-state index contributed by atoms with van der Waals surface area (Å²) in [6.07, 6.45) is 2.00. The van der Waals surface area contributed by atoms with Gasteiger partial charge in [-0.2, -0.15) is 0 Å². The number of carbonyl (C=O) groups excluding carboxylic acids is 2. The molecule has 0 amide bonds. The number of esters is 2. The lowest BCUT2D eigenvalue weighted by Crippen LogP contribution is -2.11. The molecular weight excluding hydrogens is 464 g/mol. The molecule has 8 nitrogen and oxygen atoms in total. The van der Waals surface area contributed by atoms with Gasteiger partial charge in [0.2, 0.25) is 11.2 Å². The quantitative estimate of drug-likeness (QED) is 0.231. The summed E-state index contributed by atoms with van der Waals surface area (Å²) in [6, 6.07) is 17.9. The van der Waals surface area contributed by atoms with Gasteiger partial charge in [0, 0.05) is 6.07 Å². The van der Waals surface area contributed by atoms with Crippen molar-refractivity contribution in [1.29, 1.82) is 0 Å². The number of methoxy groups -OCH3 is 1. The fourth-order valence-electron chi connectivity index (χ4n) is 3.37. The lowest BCUT2D eigenvalue weighted by Gasteiger charge is -2.08. The minimum atomic E-state index is -0.455. The van der Waals surface area contributed by atoms with Gasteiger partial charge < -0.3 is 23.4 Å². The van der Waals surface area contributed by atoms with E-state index in [1.54, 1.807) is 55.6 Å². The molecule has 0 saturated carbocycles. The van der Waals surface area contributed by atoms with Crippen LogP contribution >= 0.6 is 0 Å². The van der Waals surface area contributed by atoms with Gasteiger partial charge in [-0.3, -0.25) is 9.59 Å². The summed E-state index contributed by atoms with van der Waals surface area (Å²) in [6.45, 7) is 2.26. The zero-order valence-corrected chi connectivity index (χ0v) is 19.8. The van der Waals surface area contributed by atoms with E-state index in [0.717, 1.165) is 12.0 Å². The highest BCUT2D eigenvalue weighted by Gasteiger charge is 2.13. The van der Waals surface area contributed by atoms with Crippen molar-refractivity contribution in [2.24, 2.45) is 0 Å². The van der Waals surface area contributed by atoms with Crippen LogP contribution < -0.4 is 19.6 Å². The second kappa shape index (κ2) is 11.2. The van der Waals surface area contributed by atoms with Crippen LogP contribution in [0.3, 0.4) is 0 Å². The summed E-state index contributed by atoms with van der Waals surface area (Å²) in [7, 11) is 1.57. The summed E-state index contributed by atoms with van der Waals surface area (Å²) in [5.74, 6) is 0.413. The fourth-order valence-corrected chi connectivity index (χ4v) is 3.37. The molecule has 4 rings (SSSR count). The van der Waals surface area contributed by atoms with Crippen molar-refractivity contribution in [3.63, 3.8) is 0 Å². The largest absolute Gasteiger partial charge is 0.497 e. The van der Waals surface area contributed by atoms with Gasteiger partial charge >= 0.3 is 11.9 Å². The molecule has 0 bridgehead atoms. The summed E-state index contributed by atoms with van der Waals surface area (Å²) < 4.78 is 26.8. The molecule has 36 heavy (non-hydrogen) atoms. The van der Waals surface area contributed by atoms with Gasteiger partial charge in [0.25, 0.3) is 0 Å². The van der Waals surface area contributed by atoms with Crippen LogP contribution in [0.4, 0.5) is 0 Å². The van der Waals surface area contributed by atoms with Gasteiger partial charge in [0.05, 0.1) is 31.1 Å². The first-order valence-electron chi connectivity index (χ1n) is 11.3. The van der Waals surface area contributed by atoms with E-state index >= 15 is 0 Å². The minimum absolute atomic E-state index is 0.0203. The number of ether oxygens (including phenoxy) is 4. The average Bonchev–Trinajstić information content (AvgIpc) is 2.89. The number of rotatable bonds is 9. The van der Waals surface area contributed by atoms with E-state index in [0.29, 0.717) is 23.7 Å². The number of fused-ring (bicyclic) bond motifs is 1. The molecule has 0 spiro atoms. The number of hydrogen-bond donors (Lipinski definition) is 0. The zero-order valence-electron chi connectivity index (χ0n) is 19.8. The summed E-state index contributed by atoms with van der Waals surface area (Å²) in [4.78, 5) is 37.1. The first-order chi connectivity index (χ1) is 17.5. The van der Waals surface area contributed by atoms with Crippen molar-refractivity contribution in [2.75, 3.05) is 13.7 Å². The van der Waals surface area contributed by atoms with Crippen LogP contribution in [-0.2, 0) is 16.0 Å². The smallest absolute Gasteiger partial charge is 0.338 e. The van der Waals surface area contributed by atoms with E-state index in [2.05, 4.69) is 0 Å². The molecule has 3 aromatic carbocycles. The molecule has 0 aliphatic carbocycles.